The number of carbonyl (C=O) groups is 3. The number of aromatic nitrogens is 1. The van der Waals surface area contributed by atoms with Gasteiger partial charge in [0.05, 0.1) is 6.04 Å². The van der Waals surface area contributed by atoms with Crippen LogP contribution in [-0.4, -0.2) is 72.4 Å². The quantitative estimate of drug-likeness (QED) is 0.0504. The number of aliphatic imine (C=N–C) groups is 2. The summed E-state index contributed by atoms with van der Waals surface area (Å²) >= 11 is 3.47. The number of nitrogens with one attached hydrogen (secondary N) is 4. The van der Waals surface area contributed by atoms with Crippen molar-refractivity contribution < 1.29 is 14.4 Å². The second-order valence-electron chi connectivity index (χ2n) is 10.9. The summed E-state index contributed by atoms with van der Waals surface area (Å²) in [7, 11) is 0. The lowest BCUT2D eigenvalue weighted by atomic mass is 10.0. The number of fused-ring (bicyclic) bond motifs is 1. The third kappa shape index (κ3) is 12.0. The van der Waals surface area contributed by atoms with E-state index in [1.807, 2.05) is 48.5 Å². The van der Waals surface area contributed by atoms with E-state index in [0.717, 1.165) is 26.5 Å². The molecule has 1 heterocycles. The summed E-state index contributed by atoms with van der Waals surface area (Å²) in [5, 5.41) is 9.46. The number of carbonyl (C=O) groups excluding carboxylic acids is 3. The van der Waals surface area contributed by atoms with Crippen molar-refractivity contribution in [2.24, 2.45) is 38.7 Å². The first-order valence-corrected chi connectivity index (χ1v) is 15.9. The summed E-state index contributed by atoms with van der Waals surface area (Å²) < 4.78 is 0.893. The van der Waals surface area contributed by atoms with Crippen molar-refractivity contribution in [1.82, 2.24) is 20.9 Å². The van der Waals surface area contributed by atoms with Crippen LogP contribution >= 0.6 is 15.9 Å². The molecule has 248 valence electrons. The maximum Gasteiger partial charge on any atom is 0.243 e. The molecule has 3 rings (SSSR count). The highest BCUT2D eigenvalue weighted by atomic mass is 79.9. The van der Waals surface area contributed by atoms with Gasteiger partial charge in [0, 0.05) is 47.6 Å². The lowest BCUT2D eigenvalue weighted by Gasteiger charge is -2.24. The largest absolute Gasteiger partial charge is 0.370 e. The molecule has 3 aromatic rings. The Labute approximate surface area is 276 Å². The summed E-state index contributed by atoms with van der Waals surface area (Å²) in [6.07, 6.45) is 4.04. The number of hydrogen-bond donors (Lipinski definition) is 9. The molecule has 0 aliphatic carbocycles. The second-order valence-corrected chi connectivity index (χ2v) is 11.8. The molecule has 0 aliphatic heterocycles. The zero-order valence-electron chi connectivity index (χ0n) is 25.7. The fourth-order valence-corrected chi connectivity index (χ4v) is 5.19. The predicted molar refractivity (Wildman–Crippen MR) is 185 cm³/mol. The van der Waals surface area contributed by atoms with E-state index in [-0.39, 0.29) is 37.2 Å². The maximum absolute atomic E-state index is 13.8. The smallest absolute Gasteiger partial charge is 0.243 e. The zero-order valence-corrected chi connectivity index (χ0v) is 27.3. The Kier molecular flexibility index (Phi) is 14.3. The number of nitrogens with two attached hydrogens (primary N) is 5. The minimum Gasteiger partial charge on any atom is -0.370 e. The van der Waals surface area contributed by atoms with Gasteiger partial charge in [0.1, 0.15) is 12.1 Å². The molecular formula is C31H44BrN11O3. The van der Waals surface area contributed by atoms with Crippen molar-refractivity contribution >= 4 is 56.5 Å². The zero-order chi connectivity index (χ0) is 33.5. The molecule has 0 radical (unpaired) electrons. The molecule has 0 aliphatic rings. The van der Waals surface area contributed by atoms with Crippen molar-refractivity contribution in [2.75, 3.05) is 19.6 Å². The molecule has 3 amide bonds. The minimum absolute atomic E-state index is 0.0440. The number of aromatic amines is 1. The average Bonchev–Trinajstić information content (AvgIpc) is 3.41. The van der Waals surface area contributed by atoms with Crippen LogP contribution in [0.25, 0.3) is 10.9 Å². The summed E-state index contributed by atoms with van der Waals surface area (Å²) in [6.45, 7) is 0.980. The van der Waals surface area contributed by atoms with Gasteiger partial charge in [-0.1, -0.05) is 52.3 Å². The monoisotopic (exact) mass is 697 g/mol. The molecule has 3 atom stereocenters. The van der Waals surface area contributed by atoms with Gasteiger partial charge in [-0.25, -0.2) is 0 Å². The highest BCUT2D eigenvalue weighted by molar-refractivity contribution is 9.10. The molecule has 46 heavy (non-hydrogen) atoms. The highest BCUT2D eigenvalue weighted by Gasteiger charge is 2.29. The van der Waals surface area contributed by atoms with E-state index in [2.05, 4.69) is 46.8 Å². The number of hydrogen-bond acceptors (Lipinski definition) is 6. The van der Waals surface area contributed by atoms with E-state index in [9.17, 15) is 14.4 Å². The van der Waals surface area contributed by atoms with Crippen LogP contribution < -0.4 is 44.6 Å². The first kappa shape index (κ1) is 35.8. The Morgan fingerprint density at radius 1 is 0.826 bits per heavy atom. The van der Waals surface area contributed by atoms with Gasteiger partial charge in [-0.05, 0) is 55.4 Å². The highest BCUT2D eigenvalue weighted by Crippen LogP contribution is 2.23. The Bertz CT molecular complexity index is 1500. The van der Waals surface area contributed by atoms with Crippen LogP contribution in [0.5, 0.6) is 0 Å². The molecular weight excluding hydrogens is 654 g/mol. The Morgan fingerprint density at radius 3 is 2.15 bits per heavy atom. The lowest BCUT2D eigenvalue weighted by molar-refractivity contribution is -0.132. The van der Waals surface area contributed by atoms with Crippen molar-refractivity contribution in [1.29, 1.82) is 0 Å². The van der Waals surface area contributed by atoms with Crippen molar-refractivity contribution in [3.8, 4) is 0 Å². The number of benzene rings is 2. The van der Waals surface area contributed by atoms with Crippen molar-refractivity contribution in [3.63, 3.8) is 0 Å². The normalized spacial score (nSPS) is 12.8. The van der Waals surface area contributed by atoms with E-state index in [1.165, 1.54) is 0 Å². The molecule has 0 saturated carbocycles. The molecule has 1 aromatic heterocycles. The Balaban J connectivity index is 1.77. The first-order valence-electron chi connectivity index (χ1n) is 15.1. The van der Waals surface area contributed by atoms with E-state index in [0.29, 0.717) is 38.8 Å². The van der Waals surface area contributed by atoms with Crippen LogP contribution in [0, 0.1) is 0 Å². The van der Waals surface area contributed by atoms with Gasteiger partial charge in [-0.2, -0.15) is 0 Å². The number of rotatable bonds is 18. The number of halogens is 1. The van der Waals surface area contributed by atoms with Crippen LogP contribution in [0.1, 0.15) is 36.8 Å². The van der Waals surface area contributed by atoms with E-state index >= 15 is 0 Å². The van der Waals surface area contributed by atoms with E-state index < -0.39 is 29.9 Å². The first-order chi connectivity index (χ1) is 22.0. The fourth-order valence-electron chi connectivity index (χ4n) is 4.83. The molecule has 2 aromatic carbocycles. The Hall–Kier alpha value is -4.63. The van der Waals surface area contributed by atoms with Crippen molar-refractivity contribution in [3.05, 3.63) is 70.3 Å². The third-order valence-electron chi connectivity index (χ3n) is 7.22. The minimum atomic E-state index is -1.03. The summed E-state index contributed by atoms with van der Waals surface area (Å²) in [4.78, 5) is 51.4. The van der Waals surface area contributed by atoms with E-state index in [1.54, 1.807) is 6.20 Å². The van der Waals surface area contributed by atoms with Gasteiger partial charge in [0.25, 0.3) is 0 Å². The van der Waals surface area contributed by atoms with Crippen LogP contribution in [0.2, 0.25) is 0 Å². The predicted octanol–water partition coefficient (Wildman–Crippen LogP) is 0.236. The number of nitrogens with zero attached hydrogens (tertiary/aromatic N) is 2. The molecule has 0 bridgehead atoms. The SMILES string of the molecule is NC(N)=NCCC[C@H](NC(=O)[C@@H](Cc1c[nH]c2cc(Br)ccc12)NC(=O)[C@@H](N)CCCN=C(N)N)C(=O)NCCc1ccccc1. The molecule has 0 fully saturated rings. The van der Waals surface area contributed by atoms with Crippen LogP contribution in [-0.2, 0) is 27.2 Å². The fraction of sp³-hybridized carbons (Fsp3) is 0.387. The van der Waals surface area contributed by atoms with Gasteiger partial charge in [0.15, 0.2) is 11.9 Å². The van der Waals surface area contributed by atoms with Crippen molar-refractivity contribution in [2.45, 2.75) is 56.7 Å². The average molecular weight is 699 g/mol. The van der Waals surface area contributed by atoms with Gasteiger partial charge in [-0.3, -0.25) is 24.4 Å². The van der Waals surface area contributed by atoms with Gasteiger partial charge in [0.2, 0.25) is 17.7 Å². The summed E-state index contributed by atoms with van der Waals surface area (Å²) in [5.41, 5.74) is 30.5. The topological polar surface area (TPSA) is 258 Å². The lowest BCUT2D eigenvalue weighted by Crippen LogP contribution is -2.56. The third-order valence-corrected chi connectivity index (χ3v) is 7.72. The molecule has 15 heteroatoms. The summed E-state index contributed by atoms with van der Waals surface area (Å²) in [5.74, 6) is -1.50. The molecule has 0 spiro atoms. The maximum atomic E-state index is 13.8. The van der Waals surface area contributed by atoms with Gasteiger partial charge >= 0.3 is 0 Å². The van der Waals surface area contributed by atoms with Crippen LogP contribution in [0.3, 0.4) is 0 Å². The van der Waals surface area contributed by atoms with Crippen LogP contribution in [0.4, 0.5) is 0 Å². The number of amides is 3. The summed E-state index contributed by atoms with van der Waals surface area (Å²) in [6, 6.07) is 12.6. The Morgan fingerprint density at radius 2 is 1.48 bits per heavy atom. The number of H-pyrrole nitrogens is 1. The molecule has 0 unspecified atom stereocenters. The molecule has 14 nitrogen and oxygen atoms in total. The van der Waals surface area contributed by atoms with Gasteiger partial charge in [-0.15, -0.1) is 0 Å². The standard InChI is InChI=1S/C31H44BrN11O3/c32-21-10-11-22-20(18-41-25(22)17-21)16-26(43-27(44)23(33)8-4-13-39-30(34)35)29(46)42-24(9-5-14-40-31(36)37)28(45)38-15-12-19-6-2-1-3-7-19/h1-3,6-7,10-11,17-18,23-24,26,41H,4-5,8-9,12-16,33H2,(H,38,45)(H,42,46)(H,43,44)(H4,34,35,39)(H4,36,37,40)/t23-,24-,26+/m0/s1. The second kappa shape index (κ2) is 18.4. The van der Waals surface area contributed by atoms with E-state index in [4.69, 9.17) is 28.7 Å². The molecule has 0 saturated heterocycles. The molecule has 14 N–H and O–H groups in total. The van der Waals surface area contributed by atoms with Crippen LogP contribution in [0.15, 0.2) is 69.2 Å². The number of guanidine groups is 2. The van der Waals surface area contributed by atoms with Gasteiger partial charge < -0.3 is 49.6 Å².